The van der Waals surface area contributed by atoms with E-state index in [1.54, 1.807) is 0 Å². The second-order valence-electron chi connectivity index (χ2n) is 10.4. The van der Waals surface area contributed by atoms with E-state index in [1.807, 2.05) is 11.9 Å². The molecule has 0 spiro atoms. The number of urea groups is 1. The van der Waals surface area contributed by atoms with Crippen molar-refractivity contribution in [1.82, 2.24) is 19.6 Å². The molecule has 1 atom stereocenters. The summed E-state index contributed by atoms with van der Waals surface area (Å²) < 4.78 is 96.7. The molecule has 2 heterocycles. The minimum absolute atomic E-state index is 0.0395. The van der Waals surface area contributed by atoms with Crippen LogP contribution in [0.25, 0.3) is 11.3 Å². The summed E-state index contributed by atoms with van der Waals surface area (Å²) in [5, 5.41) is 8.14. The largest absolute Gasteiger partial charge is 0.416 e. The molecule has 3 amide bonds. The summed E-state index contributed by atoms with van der Waals surface area (Å²) in [6.07, 6.45) is -9.47. The van der Waals surface area contributed by atoms with Crippen molar-refractivity contribution in [2.75, 3.05) is 49.6 Å². The molecule has 0 aliphatic carbocycles. The topological polar surface area (TPSA) is 135 Å². The van der Waals surface area contributed by atoms with E-state index in [2.05, 4.69) is 20.6 Å². The van der Waals surface area contributed by atoms with Crippen LogP contribution < -0.4 is 22.1 Å². The molecule has 0 saturated carbocycles. The van der Waals surface area contributed by atoms with Crippen molar-refractivity contribution in [1.29, 1.82) is 0 Å². The van der Waals surface area contributed by atoms with Crippen LogP contribution in [0.2, 0.25) is 0 Å². The zero-order valence-electron chi connectivity index (χ0n) is 23.5. The Morgan fingerprint density at radius 3 is 2.23 bits per heavy atom. The van der Waals surface area contributed by atoms with E-state index in [0.717, 1.165) is 44.3 Å². The molecule has 17 heteroatoms. The van der Waals surface area contributed by atoms with E-state index in [4.69, 9.17) is 11.5 Å². The molecule has 1 aromatic heterocycles. The summed E-state index contributed by atoms with van der Waals surface area (Å²) >= 11 is 0. The summed E-state index contributed by atoms with van der Waals surface area (Å²) in [5.74, 6) is -2.97. The summed E-state index contributed by atoms with van der Waals surface area (Å²) in [5.41, 5.74) is 8.35. The van der Waals surface area contributed by atoms with Crippen LogP contribution in [0.1, 0.15) is 34.5 Å². The number of hydrogen-bond donors (Lipinski definition) is 4. The maximum Gasteiger partial charge on any atom is 0.416 e. The van der Waals surface area contributed by atoms with Gasteiger partial charge in [0.25, 0.3) is 5.91 Å². The molecule has 1 aliphatic rings. The third-order valence-electron chi connectivity index (χ3n) is 7.19. The normalized spacial score (nSPS) is 15.7. The molecule has 44 heavy (non-hydrogen) atoms. The zero-order valence-corrected chi connectivity index (χ0v) is 23.5. The van der Waals surface area contributed by atoms with Gasteiger partial charge >= 0.3 is 18.4 Å². The number of amides is 3. The Balaban J connectivity index is 1.52. The first-order valence-corrected chi connectivity index (χ1v) is 13.2. The zero-order chi connectivity index (χ0) is 32.6. The highest BCUT2D eigenvalue weighted by Crippen LogP contribution is 2.37. The van der Waals surface area contributed by atoms with Crippen LogP contribution in [0.4, 0.5) is 52.7 Å². The smallest absolute Gasteiger partial charge is 0.383 e. The van der Waals surface area contributed by atoms with Crippen LogP contribution in [0, 0.1) is 5.82 Å². The molecule has 6 N–H and O–H groups in total. The number of hydrogen-bond acceptors (Lipinski definition) is 6. The Morgan fingerprint density at radius 1 is 1.00 bits per heavy atom. The Bertz CT molecular complexity index is 1550. The van der Waals surface area contributed by atoms with Gasteiger partial charge < -0.3 is 27.0 Å². The number of piperazine rings is 1. The van der Waals surface area contributed by atoms with Crippen LogP contribution in [-0.2, 0) is 12.7 Å². The highest BCUT2D eigenvalue weighted by Gasteiger charge is 2.40. The maximum absolute atomic E-state index is 15.0. The number of nitrogens with two attached hydrogens (primary N) is 2. The monoisotopic (exact) mass is 630 g/mol. The van der Waals surface area contributed by atoms with Crippen LogP contribution >= 0.6 is 0 Å². The SMILES string of the molecule is CC(n1nc(-c2ccc(NC(=O)Nc3ccc(CN4CCN(C)CC4)c(C(F)(F)F)c3)c(F)c2)c(C(N)=O)c1N)C(F)(F)F. The lowest BCUT2D eigenvalue weighted by molar-refractivity contribution is -0.164. The summed E-state index contributed by atoms with van der Waals surface area (Å²) in [6, 6.07) is 3.01. The van der Waals surface area contributed by atoms with Crippen molar-refractivity contribution in [3.63, 3.8) is 0 Å². The van der Waals surface area contributed by atoms with Crippen molar-refractivity contribution in [2.45, 2.75) is 31.9 Å². The number of benzene rings is 2. The van der Waals surface area contributed by atoms with Gasteiger partial charge in [-0.2, -0.15) is 31.4 Å². The van der Waals surface area contributed by atoms with E-state index in [0.29, 0.717) is 17.8 Å². The molecule has 4 rings (SSSR count). The van der Waals surface area contributed by atoms with Gasteiger partial charge in [-0.05, 0) is 43.8 Å². The number of nitrogen functional groups attached to an aromatic ring is 1. The molecule has 1 saturated heterocycles. The maximum atomic E-state index is 15.0. The van der Waals surface area contributed by atoms with E-state index >= 15 is 0 Å². The van der Waals surface area contributed by atoms with Crippen molar-refractivity contribution in [3.8, 4) is 11.3 Å². The first-order chi connectivity index (χ1) is 20.5. The van der Waals surface area contributed by atoms with Gasteiger partial charge in [0.05, 0.1) is 11.3 Å². The van der Waals surface area contributed by atoms with Crippen LogP contribution in [0.3, 0.4) is 0 Å². The van der Waals surface area contributed by atoms with Crippen LogP contribution in [-0.4, -0.2) is 70.9 Å². The number of nitrogens with one attached hydrogen (secondary N) is 2. The number of primary amides is 1. The predicted molar refractivity (Wildman–Crippen MR) is 148 cm³/mol. The molecular weight excluding hydrogens is 601 g/mol. The Hall–Kier alpha value is -4.38. The van der Waals surface area contributed by atoms with Gasteiger partial charge in [0, 0.05) is 44.0 Å². The number of aromatic nitrogens is 2. The summed E-state index contributed by atoms with van der Waals surface area (Å²) in [6.45, 7) is 3.48. The van der Waals surface area contributed by atoms with E-state index in [1.165, 1.54) is 12.1 Å². The Labute approximate surface area is 246 Å². The number of carbonyl (C=O) groups is 2. The number of alkyl halides is 6. The lowest BCUT2D eigenvalue weighted by atomic mass is 10.0. The second-order valence-corrected chi connectivity index (χ2v) is 10.4. The fourth-order valence-electron chi connectivity index (χ4n) is 4.68. The number of rotatable bonds is 7. The highest BCUT2D eigenvalue weighted by atomic mass is 19.4. The van der Waals surface area contributed by atoms with Crippen LogP contribution in [0.15, 0.2) is 36.4 Å². The predicted octanol–water partition coefficient (Wildman–Crippen LogP) is 4.90. The van der Waals surface area contributed by atoms with E-state index in [-0.39, 0.29) is 23.4 Å². The summed E-state index contributed by atoms with van der Waals surface area (Å²) in [4.78, 5) is 28.5. The number of halogens is 7. The number of likely N-dealkylation sites (N-methyl/N-ethyl adjacent to an activating group) is 1. The molecule has 238 valence electrons. The fraction of sp³-hybridized carbons (Fsp3) is 0.370. The number of anilines is 3. The third-order valence-corrected chi connectivity index (χ3v) is 7.19. The quantitative estimate of drug-likeness (QED) is 0.275. The third kappa shape index (κ3) is 7.21. The molecular formula is C27H29F7N8O2. The van der Waals surface area contributed by atoms with Gasteiger partial charge in [-0.1, -0.05) is 12.1 Å². The minimum atomic E-state index is -4.77. The average Bonchev–Trinajstić information content (AvgIpc) is 3.27. The van der Waals surface area contributed by atoms with Crippen molar-refractivity contribution in [2.24, 2.45) is 5.73 Å². The molecule has 0 radical (unpaired) electrons. The Kier molecular flexibility index (Phi) is 9.11. The van der Waals surface area contributed by atoms with E-state index < -0.39 is 64.5 Å². The van der Waals surface area contributed by atoms with Gasteiger partial charge in [-0.25, -0.2) is 13.9 Å². The molecule has 0 bridgehead atoms. The minimum Gasteiger partial charge on any atom is -0.383 e. The first-order valence-electron chi connectivity index (χ1n) is 13.2. The highest BCUT2D eigenvalue weighted by molar-refractivity contribution is 6.04. The molecule has 1 fully saturated rings. The molecule has 2 aromatic carbocycles. The standard InChI is InChI=1S/C27H29F7N8O2/c1-14(26(29,30)31)42-23(35)21(24(36)43)22(39-42)15-4-6-20(19(28)11-15)38-25(44)37-17-5-3-16(18(12-17)27(32,33)34)13-41-9-7-40(2)8-10-41/h3-6,11-12,14H,7-10,13,35H2,1-2H3,(H2,36,43)(H2,37,38,44). The lowest BCUT2D eigenvalue weighted by Crippen LogP contribution is -2.44. The molecule has 1 aliphatic heterocycles. The lowest BCUT2D eigenvalue weighted by Gasteiger charge is -2.33. The van der Waals surface area contributed by atoms with Crippen LogP contribution in [0.5, 0.6) is 0 Å². The van der Waals surface area contributed by atoms with Gasteiger partial charge in [0.2, 0.25) is 0 Å². The number of nitrogens with zero attached hydrogens (tertiary/aromatic N) is 4. The average molecular weight is 631 g/mol. The fourth-order valence-corrected chi connectivity index (χ4v) is 4.68. The summed E-state index contributed by atoms with van der Waals surface area (Å²) in [7, 11) is 1.93. The van der Waals surface area contributed by atoms with E-state index in [9.17, 15) is 40.3 Å². The molecule has 3 aromatic rings. The first kappa shape index (κ1) is 32.5. The van der Waals surface area contributed by atoms with Crippen molar-refractivity contribution in [3.05, 3.63) is 58.9 Å². The molecule has 1 unspecified atom stereocenters. The second kappa shape index (κ2) is 12.3. The van der Waals surface area contributed by atoms with Crippen molar-refractivity contribution < 1.29 is 40.3 Å². The van der Waals surface area contributed by atoms with Gasteiger partial charge in [-0.3, -0.25) is 9.69 Å². The Morgan fingerprint density at radius 2 is 1.66 bits per heavy atom. The van der Waals surface area contributed by atoms with Gasteiger partial charge in [-0.15, -0.1) is 0 Å². The number of carbonyl (C=O) groups excluding carboxylic acids is 2. The van der Waals surface area contributed by atoms with Crippen molar-refractivity contribution >= 4 is 29.1 Å². The van der Waals surface area contributed by atoms with Gasteiger partial charge in [0.1, 0.15) is 28.9 Å². The molecule has 10 nitrogen and oxygen atoms in total. The van der Waals surface area contributed by atoms with Gasteiger partial charge in [0.15, 0.2) is 0 Å².